The lowest BCUT2D eigenvalue weighted by atomic mass is 9.99. The summed E-state index contributed by atoms with van der Waals surface area (Å²) in [6, 6.07) is 6.88. The molecule has 0 radical (unpaired) electrons. The van der Waals surface area contributed by atoms with Crippen molar-refractivity contribution >= 4 is 17.6 Å². The average Bonchev–Trinajstić information content (AvgIpc) is 2.88. The molecule has 0 aromatic heterocycles. The fourth-order valence-electron chi connectivity index (χ4n) is 3.43. The molecule has 6 nitrogen and oxygen atoms in total. The van der Waals surface area contributed by atoms with Crippen molar-refractivity contribution in [2.45, 2.75) is 38.6 Å². The summed E-state index contributed by atoms with van der Waals surface area (Å²) in [5.41, 5.74) is 0.645. The number of carbonyl (C=O) groups is 3. The Morgan fingerprint density at radius 3 is 2.68 bits per heavy atom. The zero-order valence-electron chi connectivity index (χ0n) is 14.5. The number of likely N-dealkylation sites (tertiary alicyclic amines) is 1. The maximum atomic E-state index is 12.5. The van der Waals surface area contributed by atoms with Crippen molar-refractivity contribution in [1.82, 2.24) is 10.2 Å². The smallest absolute Gasteiger partial charge is 0.260 e. The Bertz CT molecular complexity index is 656. The number of Topliss-reactive ketones (excluding diaryl/α,β-unsaturated/α-hetero) is 1. The maximum Gasteiger partial charge on any atom is 0.260 e. The topological polar surface area (TPSA) is 75.7 Å². The van der Waals surface area contributed by atoms with Gasteiger partial charge in [-0.25, -0.2) is 0 Å². The molecule has 0 aliphatic carbocycles. The van der Waals surface area contributed by atoms with Gasteiger partial charge in [0.15, 0.2) is 12.4 Å². The van der Waals surface area contributed by atoms with E-state index in [2.05, 4.69) is 5.32 Å². The van der Waals surface area contributed by atoms with Gasteiger partial charge in [-0.05, 0) is 37.1 Å². The molecule has 2 atom stereocenters. The molecule has 25 heavy (non-hydrogen) atoms. The molecule has 2 bridgehead atoms. The molecular formula is C19H24N2O4. The lowest BCUT2D eigenvalue weighted by molar-refractivity contribution is -0.134. The van der Waals surface area contributed by atoms with E-state index in [4.69, 9.17) is 4.74 Å². The summed E-state index contributed by atoms with van der Waals surface area (Å²) < 4.78 is 5.57. The van der Waals surface area contributed by atoms with Crippen molar-refractivity contribution in [1.29, 1.82) is 0 Å². The van der Waals surface area contributed by atoms with Crippen molar-refractivity contribution in [2.24, 2.45) is 5.92 Å². The summed E-state index contributed by atoms with van der Waals surface area (Å²) in [4.78, 5) is 37.9. The van der Waals surface area contributed by atoms with Crippen LogP contribution in [0.4, 0.5) is 0 Å². The van der Waals surface area contributed by atoms with Gasteiger partial charge >= 0.3 is 0 Å². The van der Waals surface area contributed by atoms with Crippen LogP contribution >= 0.6 is 0 Å². The maximum absolute atomic E-state index is 12.5. The van der Waals surface area contributed by atoms with Crippen LogP contribution in [-0.2, 0) is 9.59 Å². The zero-order valence-corrected chi connectivity index (χ0v) is 14.5. The van der Waals surface area contributed by atoms with Gasteiger partial charge < -0.3 is 15.0 Å². The number of hydrogen-bond acceptors (Lipinski definition) is 4. The molecule has 0 spiro atoms. The molecule has 0 saturated carbocycles. The summed E-state index contributed by atoms with van der Waals surface area (Å²) >= 11 is 0. The van der Waals surface area contributed by atoms with E-state index < -0.39 is 0 Å². The van der Waals surface area contributed by atoms with Crippen LogP contribution < -0.4 is 10.1 Å². The fourth-order valence-corrected chi connectivity index (χ4v) is 3.43. The molecule has 2 heterocycles. The van der Waals surface area contributed by atoms with Gasteiger partial charge in [0, 0.05) is 31.1 Å². The third-order valence-corrected chi connectivity index (χ3v) is 4.92. The molecule has 134 valence electrons. The number of nitrogens with zero attached hydrogens (tertiary/aromatic N) is 1. The predicted molar refractivity (Wildman–Crippen MR) is 92.4 cm³/mol. The Hall–Kier alpha value is -2.37. The number of carbonyl (C=O) groups excluding carboxylic acids is 3. The largest absolute Gasteiger partial charge is 0.484 e. The van der Waals surface area contributed by atoms with Crippen molar-refractivity contribution in [3.8, 4) is 5.75 Å². The highest BCUT2D eigenvalue weighted by Gasteiger charge is 2.34. The van der Waals surface area contributed by atoms with Gasteiger partial charge in [-0.2, -0.15) is 0 Å². The Morgan fingerprint density at radius 1 is 1.20 bits per heavy atom. The van der Waals surface area contributed by atoms with Gasteiger partial charge in [0.1, 0.15) is 5.75 Å². The number of nitrogens with one attached hydrogen (secondary N) is 1. The van der Waals surface area contributed by atoms with Gasteiger partial charge in [0.25, 0.3) is 5.91 Å². The number of benzene rings is 1. The summed E-state index contributed by atoms with van der Waals surface area (Å²) in [5.74, 6) is 0.480. The highest BCUT2D eigenvalue weighted by molar-refractivity contribution is 5.95. The van der Waals surface area contributed by atoms with Gasteiger partial charge in [-0.15, -0.1) is 0 Å². The van der Waals surface area contributed by atoms with Crippen LogP contribution in [-0.4, -0.2) is 48.2 Å². The highest BCUT2D eigenvalue weighted by atomic mass is 16.5. The minimum absolute atomic E-state index is 0.0447. The van der Waals surface area contributed by atoms with Crippen LogP contribution in [0.15, 0.2) is 24.3 Å². The normalized spacial score (nSPS) is 22.8. The van der Waals surface area contributed by atoms with Crippen LogP contribution in [0.3, 0.4) is 0 Å². The quantitative estimate of drug-likeness (QED) is 0.826. The fraction of sp³-hybridized carbons (Fsp3) is 0.526. The first kappa shape index (κ1) is 17.5. The molecule has 3 rings (SSSR count). The second kappa shape index (κ2) is 7.68. The standard InChI is InChI=1S/C19H24N2O4/c1-2-17(22)13-6-8-16(9-7-13)25-12-18(23)21-10-14-4-3-5-15(11-21)20-19(14)24/h6-9,14-15H,2-5,10-12H2,1H3,(H,20,24)/t14-,15+/m0/s1. The molecule has 0 unspecified atom stereocenters. The molecule has 1 aromatic carbocycles. The number of amides is 2. The van der Waals surface area contributed by atoms with Crippen molar-refractivity contribution in [3.05, 3.63) is 29.8 Å². The second-order valence-corrected chi connectivity index (χ2v) is 6.72. The Kier molecular flexibility index (Phi) is 5.36. The second-order valence-electron chi connectivity index (χ2n) is 6.72. The van der Waals surface area contributed by atoms with Crippen molar-refractivity contribution in [3.63, 3.8) is 0 Å². The number of rotatable bonds is 5. The van der Waals surface area contributed by atoms with Crippen LogP contribution in [0.2, 0.25) is 0 Å². The summed E-state index contributed by atoms with van der Waals surface area (Å²) in [5, 5.41) is 3.02. The lowest BCUT2D eigenvalue weighted by Gasteiger charge is -2.27. The van der Waals surface area contributed by atoms with E-state index in [1.165, 1.54) is 0 Å². The summed E-state index contributed by atoms with van der Waals surface area (Å²) in [6.45, 7) is 2.78. The van der Waals surface area contributed by atoms with Crippen LogP contribution in [0.5, 0.6) is 5.75 Å². The van der Waals surface area contributed by atoms with Crippen LogP contribution in [0.1, 0.15) is 43.0 Å². The number of ketones is 1. The zero-order chi connectivity index (χ0) is 17.8. The monoisotopic (exact) mass is 344 g/mol. The first-order valence-corrected chi connectivity index (χ1v) is 8.91. The molecular weight excluding hydrogens is 320 g/mol. The number of ether oxygens (including phenoxy) is 1. The lowest BCUT2D eigenvalue weighted by Crippen LogP contribution is -2.43. The van der Waals surface area contributed by atoms with Gasteiger partial charge in [0.2, 0.25) is 5.91 Å². The molecule has 2 aliphatic rings. The summed E-state index contributed by atoms with van der Waals surface area (Å²) in [7, 11) is 0. The SMILES string of the molecule is CCC(=O)c1ccc(OCC(=O)N2C[C@H]3CCC[C@@H](C2)C(=O)N3)cc1. The summed E-state index contributed by atoms with van der Waals surface area (Å²) in [6.07, 6.45) is 3.23. The van der Waals surface area contributed by atoms with E-state index in [0.29, 0.717) is 30.8 Å². The van der Waals surface area contributed by atoms with Crippen molar-refractivity contribution < 1.29 is 19.1 Å². The van der Waals surface area contributed by atoms with Crippen LogP contribution in [0.25, 0.3) is 0 Å². The predicted octanol–water partition coefficient (Wildman–Crippen LogP) is 1.79. The first-order valence-electron chi connectivity index (χ1n) is 8.91. The van der Waals surface area contributed by atoms with Gasteiger partial charge in [-0.3, -0.25) is 14.4 Å². The van der Waals surface area contributed by atoms with E-state index in [0.717, 1.165) is 19.3 Å². The molecule has 1 aromatic rings. The molecule has 6 heteroatoms. The van der Waals surface area contributed by atoms with E-state index >= 15 is 0 Å². The minimum Gasteiger partial charge on any atom is -0.484 e. The number of fused-ring (bicyclic) bond motifs is 3. The minimum atomic E-state index is -0.115. The average molecular weight is 344 g/mol. The Morgan fingerprint density at radius 2 is 1.96 bits per heavy atom. The third-order valence-electron chi connectivity index (χ3n) is 4.92. The third kappa shape index (κ3) is 4.18. The van der Waals surface area contributed by atoms with Crippen molar-refractivity contribution in [2.75, 3.05) is 19.7 Å². The molecule has 1 N–H and O–H groups in total. The van der Waals surface area contributed by atoms with E-state index in [9.17, 15) is 14.4 Å². The molecule has 2 saturated heterocycles. The molecule has 2 fully saturated rings. The number of hydrogen-bond donors (Lipinski definition) is 1. The highest BCUT2D eigenvalue weighted by Crippen LogP contribution is 2.22. The van der Waals surface area contributed by atoms with E-state index in [-0.39, 0.29) is 36.2 Å². The van der Waals surface area contributed by atoms with E-state index in [1.807, 2.05) is 6.92 Å². The van der Waals surface area contributed by atoms with Crippen LogP contribution in [0, 0.1) is 5.92 Å². The van der Waals surface area contributed by atoms with Gasteiger partial charge in [0.05, 0.1) is 5.92 Å². The van der Waals surface area contributed by atoms with Gasteiger partial charge in [-0.1, -0.05) is 13.3 Å². The first-order chi connectivity index (χ1) is 12.1. The molecule has 2 amide bonds. The van der Waals surface area contributed by atoms with E-state index in [1.54, 1.807) is 29.2 Å². The Balaban J connectivity index is 1.57. The molecule has 2 aliphatic heterocycles. The Labute approximate surface area is 147 Å².